The number of amides is 2. The largest absolute Gasteiger partial charge is 0.480 e. The van der Waals surface area contributed by atoms with Crippen LogP contribution in [0.5, 0.6) is 0 Å². The zero-order valence-electron chi connectivity index (χ0n) is 15.9. The van der Waals surface area contributed by atoms with Gasteiger partial charge in [0.05, 0.1) is 6.10 Å². The van der Waals surface area contributed by atoms with E-state index in [1.165, 1.54) is 13.3 Å². The van der Waals surface area contributed by atoms with Crippen LogP contribution in [0.4, 0.5) is 5.69 Å². The second-order valence-electron chi connectivity index (χ2n) is 6.89. The van der Waals surface area contributed by atoms with Gasteiger partial charge in [-0.25, -0.2) is 0 Å². The van der Waals surface area contributed by atoms with Gasteiger partial charge in [-0.05, 0) is 50.5 Å². The van der Waals surface area contributed by atoms with Gasteiger partial charge in [-0.3, -0.25) is 14.4 Å². The molecule has 27 heavy (non-hydrogen) atoms. The molecule has 2 amide bonds. The van der Waals surface area contributed by atoms with Gasteiger partial charge in [0.25, 0.3) is 11.8 Å². The van der Waals surface area contributed by atoms with Crippen LogP contribution < -0.4 is 10.6 Å². The summed E-state index contributed by atoms with van der Waals surface area (Å²) in [5.41, 5.74) is 0.889. The number of nitrogens with one attached hydrogen (secondary N) is 2. The van der Waals surface area contributed by atoms with Gasteiger partial charge in [0.1, 0.15) is 12.1 Å². The summed E-state index contributed by atoms with van der Waals surface area (Å²) >= 11 is 0. The Kier molecular flexibility index (Phi) is 7.79. The molecule has 0 aromatic heterocycles. The number of carboxylic acid groups (broad SMARTS) is 1. The van der Waals surface area contributed by atoms with Gasteiger partial charge in [0, 0.05) is 11.3 Å². The molecule has 0 aliphatic heterocycles. The van der Waals surface area contributed by atoms with Gasteiger partial charge in [-0.15, -0.1) is 0 Å². The lowest BCUT2D eigenvalue weighted by Crippen LogP contribution is -2.38. The molecule has 148 valence electrons. The maximum absolute atomic E-state index is 12.5. The van der Waals surface area contributed by atoms with Crippen molar-refractivity contribution in [3.63, 3.8) is 0 Å². The molecule has 1 aromatic rings. The van der Waals surface area contributed by atoms with Crippen molar-refractivity contribution in [2.45, 2.75) is 70.6 Å². The third-order valence-corrected chi connectivity index (χ3v) is 4.70. The molecule has 0 heterocycles. The summed E-state index contributed by atoms with van der Waals surface area (Å²) in [5, 5.41) is 14.0. The zero-order valence-corrected chi connectivity index (χ0v) is 15.9. The van der Waals surface area contributed by atoms with Crippen LogP contribution in [0, 0.1) is 0 Å². The van der Waals surface area contributed by atoms with Crippen molar-refractivity contribution in [2.24, 2.45) is 0 Å². The second kappa shape index (κ2) is 10.1. The van der Waals surface area contributed by atoms with E-state index in [0.717, 1.165) is 25.7 Å². The fourth-order valence-electron chi connectivity index (χ4n) is 3.05. The van der Waals surface area contributed by atoms with Crippen LogP contribution in [0.15, 0.2) is 24.3 Å². The van der Waals surface area contributed by atoms with Gasteiger partial charge in [-0.1, -0.05) is 26.2 Å². The zero-order chi connectivity index (χ0) is 19.8. The maximum atomic E-state index is 12.5. The van der Waals surface area contributed by atoms with E-state index in [2.05, 4.69) is 10.6 Å². The number of carbonyl (C=O) groups excluding carboxylic acids is 2. The highest BCUT2D eigenvalue weighted by Crippen LogP contribution is 2.22. The van der Waals surface area contributed by atoms with Gasteiger partial charge < -0.3 is 20.5 Å². The molecule has 7 heteroatoms. The average Bonchev–Trinajstić information content (AvgIpc) is 2.67. The first-order valence-corrected chi connectivity index (χ1v) is 9.50. The topological polar surface area (TPSA) is 105 Å². The Hall–Kier alpha value is -2.41. The molecule has 2 rings (SSSR count). The number of ether oxygens (including phenoxy) is 1. The van der Waals surface area contributed by atoms with Gasteiger partial charge >= 0.3 is 5.97 Å². The fraction of sp³-hybridized carbons (Fsp3) is 0.550. The Morgan fingerprint density at radius 3 is 2.33 bits per heavy atom. The third kappa shape index (κ3) is 6.36. The molecule has 0 radical (unpaired) electrons. The average molecular weight is 376 g/mol. The predicted octanol–water partition coefficient (Wildman–Crippen LogP) is 2.96. The van der Waals surface area contributed by atoms with E-state index >= 15 is 0 Å². The Bertz CT molecular complexity index is 653. The van der Waals surface area contributed by atoms with Crippen LogP contribution in [0.25, 0.3) is 0 Å². The summed E-state index contributed by atoms with van der Waals surface area (Å²) in [4.78, 5) is 35.3. The van der Waals surface area contributed by atoms with Crippen LogP contribution in [-0.2, 0) is 14.3 Å². The van der Waals surface area contributed by atoms with Crippen molar-refractivity contribution in [1.82, 2.24) is 5.32 Å². The molecule has 1 aliphatic rings. The number of benzene rings is 1. The first-order valence-electron chi connectivity index (χ1n) is 9.50. The minimum Gasteiger partial charge on any atom is -0.480 e. The summed E-state index contributed by atoms with van der Waals surface area (Å²) < 4.78 is 5.97. The summed E-state index contributed by atoms with van der Waals surface area (Å²) in [6.07, 6.45) is 5.78. The Morgan fingerprint density at radius 1 is 1.15 bits per heavy atom. The number of carboxylic acids is 1. The van der Waals surface area contributed by atoms with E-state index in [-0.39, 0.29) is 12.0 Å². The highest BCUT2D eigenvalue weighted by atomic mass is 16.5. The van der Waals surface area contributed by atoms with Crippen molar-refractivity contribution in [1.29, 1.82) is 0 Å². The molecule has 7 nitrogen and oxygen atoms in total. The van der Waals surface area contributed by atoms with Crippen molar-refractivity contribution in [3.8, 4) is 0 Å². The summed E-state index contributed by atoms with van der Waals surface area (Å²) in [6.45, 7) is 3.32. The van der Waals surface area contributed by atoms with Gasteiger partial charge in [0.2, 0.25) is 0 Å². The maximum Gasteiger partial charge on any atom is 0.325 e. The number of rotatable bonds is 8. The highest BCUT2D eigenvalue weighted by Gasteiger charge is 2.23. The molecule has 0 saturated heterocycles. The molecule has 2 unspecified atom stereocenters. The summed E-state index contributed by atoms with van der Waals surface area (Å²) in [7, 11) is 0. The van der Waals surface area contributed by atoms with Crippen molar-refractivity contribution < 1.29 is 24.2 Å². The SMILES string of the molecule is CCC(OC1CCCCC1)C(=O)Nc1ccc(C(=O)NC(C)C(=O)O)cc1. The van der Waals surface area contributed by atoms with Crippen LogP contribution in [0.2, 0.25) is 0 Å². The van der Waals surface area contributed by atoms with Crippen molar-refractivity contribution >= 4 is 23.5 Å². The van der Waals surface area contributed by atoms with E-state index < -0.39 is 24.0 Å². The normalized spacial score (nSPS) is 17.0. The smallest absolute Gasteiger partial charge is 0.325 e. The lowest BCUT2D eigenvalue weighted by molar-refractivity contribution is -0.138. The Balaban J connectivity index is 1.91. The number of hydrogen-bond acceptors (Lipinski definition) is 4. The molecular formula is C20H28N2O5. The van der Waals surface area contributed by atoms with Crippen LogP contribution in [0.1, 0.15) is 62.7 Å². The first-order chi connectivity index (χ1) is 12.9. The lowest BCUT2D eigenvalue weighted by Gasteiger charge is -2.26. The minimum atomic E-state index is -1.10. The Labute approximate surface area is 159 Å². The minimum absolute atomic E-state index is 0.150. The molecule has 1 fully saturated rings. The molecule has 1 saturated carbocycles. The molecule has 0 spiro atoms. The van der Waals surface area contributed by atoms with E-state index in [9.17, 15) is 14.4 Å². The molecule has 3 N–H and O–H groups in total. The molecule has 1 aliphatic carbocycles. The second-order valence-corrected chi connectivity index (χ2v) is 6.89. The summed E-state index contributed by atoms with van der Waals surface area (Å²) in [5.74, 6) is -1.77. The molecular weight excluding hydrogens is 348 g/mol. The Morgan fingerprint density at radius 2 is 1.78 bits per heavy atom. The third-order valence-electron chi connectivity index (χ3n) is 4.70. The number of hydrogen-bond donors (Lipinski definition) is 3. The van der Waals surface area contributed by atoms with Crippen molar-refractivity contribution in [3.05, 3.63) is 29.8 Å². The fourth-order valence-corrected chi connectivity index (χ4v) is 3.05. The lowest BCUT2D eigenvalue weighted by atomic mass is 9.97. The number of anilines is 1. The van der Waals surface area contributed by atoms with Crippen LogP contribution in [-0.4, -0.2) is 41.1 Å². The number of carbonyl (C=O) groups is 3. The number of aliphatic carboxylic acids is 1. The van der Waals surface area contributed by atoms with Crippen LogP contribution in [0.3, 0.4) is 0 Å². The van der Waals surface area contributed by atoms with Gasteiger partial charge in [-0.2, -0.15) is 0 Å². The monoisotopic (exact) mass is 376 g/mol. The van der Waals surface area contributed by atoms with E-state index in [1.807, 2.05) is 6.92 Å². The highest BCUT2D eigenvalue weighted by molar-refractivity contribution is 5.98. The van der Waals surface area contributed by atoms with Gasteiger partial charge in [0.15, 0.2) is 0 Å². The quantitative estimate of drug-likeness (QED) is 0.647. The van der Waals surface area contributed by atoms with E-state index in [4.69, 9.17) is 9.84 Å². The van der Waals surface area contributed by atoms with E-state index in [0.29, 0.717) is 17.7 Å². The molecule has 2 atom stereocenters. The predicted molar refractivity (Wildman–Crippen MR) is 102 cm³/mol. The first kappa shape index (κ1) is 20.9. The van der Waals surface area contributed by atoms with Crippen molar-refractivity contribution in [2.75, 3.05) is 5.32 Å². The van der Waals surface area contributed by atoms with Crippen LogP contribution >= 0.6 is 0 Å². The molecule has 1 aromatic carbocycles. The van der Waals surface area contributed by atoms with E-state index in [1.54, 1.807) is 24.3 Å². The summed E-state index contributed by atoms with van der Waals surface area (Å²) in [6, 6.07) is 5.35. The standard InChI is InChI=1S/C20H28N2O5/c1-3-17(27-16-7-5-4-6-8-16)19(24)22-15-11-9-14(10-12-15)18(23)21-13(2)20(25)26/h9-13,16-17H,3-8H2,1-2H3,(H,21,23)(H,22,24)(H,25,26). The molecule has 0 bridgehead atoms.